The normalized spacial score (nSPS) is 12.5. The van der Waals surface area contributed by atoms with Crippen LogP contribution < -0.4 is 21.3 Å². The molecular formula is C22H28N4O4. The Labute approximate surface area is 175 Å². The van der Waals surface area contributed by atoms with Gasteiger partial charge in [-0.1, -0.05) is 24.3 Å². The number of nitrogens with zero attached hydrogens (tertiary/aromatic N) is 2. The van der Waals surface area contributed by atoms with Crippen LogP contribution in [0.15, 0.2) is 36.4 Å². The predicted octanol–water partition coefficient (Wildman–Crippen LogP) is -0.0232. The maximum atomic E-state index is 13.5. The second-order valence-electron chi connectivity index (χ2n) is 7.06. The summed E-state index contributed by atoms with van der Waals surface area (Å²) in [5.74, 6) is -0.484. The second-order valence-corrected chi connectivity index (χ2v) is 7.06. The molecule has 0 unspecified atom stereocenters. The average Bonchev–Trinajstić information content (AvgIpc) is 2.76. The fraction of sp³-hybridized carbons (Fsp3) is 0.364. The van der Waals surface area contributed by atoms with Gasteiger partial charge >= 0.3 is 0 Å². The van der Waals surface area contributed by atoms with E-state index in [9.17, 15) is 19.8 Å². The smallest absolute Gasteiger partial charge is 0.196 e. The number of nitrogens with two attached hydrogens (primary N) is 2. The van der Waals surface area contributed by atoms with E-state index in [2.05, 4.69) is 0 Å². The Morgan fingerprint density at radius 1 is 0.667 bits per heavy atom. The minimum absolute atomic E-state index is 0.112. The van der Waals surface area contributed by atoms with Gasteiger partial charge in [0.2, 0.25) is 0 Å². The average molecular weight is 412 g/mol. The third-order valence-electron chi connectivity index (χ3n) is 5.25. The van der Waals surface area contributed by atoms with Crippen molar-refractivity contribution in [2.45, 2.75) is 0 Å². The number of carbonyl (C=O) groups is 2. The lowest BCUT2D eigenvalue weighted by Crippen LogP contribution is -2.37. The Bertz CT molecular complexity index is 845. The van der Waals surface area contributed by atoms with Gasteiger partial charge in [0.1, 0.15) is 0 Å². The molecular weight excluding hydrogens is 384 g/mol. The zero-order valence-electron chi connectivity index (χ0n) is 16.9. The summed E-state index contributed by atoms with van der Waals surface area (Å²) in [6, 6.07) is 10.3. The summed E-state index contributed by atoms with van der Waals surface area (Å²) in [6.45, 7) is 1.87. The Kier molecular flexibility index (Phi) is 7.17. The number of rotatable bonds is 10. The molecule has 0 heterocycles. The number of carbonyl (C=O) groups excluding carboxylic acids is 2. The molecule has 3 rings (SSSR count). The van der Waals surface area contributed by atoms with E-state index in [0.717, 1.165) is 0 Å². The first-order chi connectivity index (χ1) is 14.6. The lowest BCUT2D eigenvalue weighted by molar-refractivity contribution is 0.0979. The largest absolute Gasteiger partial charge is 0.395 e. The van der Waals surface area contributed by atoms with Crippen LogP contribution in [0.4, 0.5) is 11.4 Å². The highest BCUT2D eigenvalue weighted by atomic mass is 16.3. The fourth-order valence-corrected chi connectivity index (χ4v) is 3.97. The van der Waals surface area contributed by atoms with E-state index >= 15 is 0 Å². The number of hydrogen-bond acceptors (Lipinski definition) is 8. The van der Waals surface area contributed by atoms with Gasteiger partial charge in [0, 0.05) is 61.8 Å². The van der Waals surface area contributed by atoms with Gasteiger partial charge in [-0.25, -0.2) is 0 Å². The van der Waals surface area contributed by atoms with E-state index < -0.39 is 0 Å². The van der Waals surface area contributed by atoms with E-state index in [4.69, 9.17) is 11.5 Å². The second kappa shape index (κ2) is 9.82. The number of anilines is 2. The van der Waals surface area contributed by atoms with Crippen LogP contribution in [0.1, 0.15) is 31.8 Å². The topological polar surface area (TPSA) is 133 Å². The molecule has 30 heavy (non-hydrogen) atoms. The zero-order valence-corrected chi connectivity index (χ0v) is 16.9. The summed E-state index contributed by atoms with van der Waals surface area (Å²) in [7, 11) is 0. The Balaban J connectivity index is 2.27. The van der Waals surface area contributed by atoms with E-state index in [1.807, 2.05) is 9.80 Å². The molecule has 0 amide bonds. The molecule has 6 N–H and O–H groups in total. The molecule has 160 valence electrons. The van der Waals surface area contributed by atoms with Crippen molar-refractivity contribution in [2.24, 2.45) is 11.5 Å². The Morgan fingerprint density at radius 3 is 1.40 bits per heavy atom. The lowest BCUT2D eigenvalue weighted by atomic mass is 9.81. The molecule has 0 saturated carbocycles. The molecule has 2 aromatic rings. The molecule has 0 saturated heterocycles. The minimum Gasteiger partial charge on any atom is -0.395 e. The van der Waals surface area contributed by atoms with Gasteiger partial charge in [0.25, 0.3) is 0 Å². The first-order valence-electron chi connectivity index (χ1n) is 10.1. The maximum Gasteiger partial charge on any atom is 0.196 e. The van der Waals surface area contributed by atoms with Crippen LogP contribution in [0, 0.1) is 0 Å². The molecule has 0 fully saturated rings. The van der Waals surface area contributed by atoms with E-state index in [0.29, 0.717) is 59.8 Å². The number of aliphatic hydroxyl groups excluding tert-OH is 2. The molecule has 0 aromatic heterocycles. The molecule has 8 nitrogen and oxygen atoms in total. The standard InChI is InChI=1S/C22H28N4O4/c23-7-9-25(11-13-27)17-5-6-18(26(10-8-24)12-14-28)20-19(17)21(29)15-3-1-2-4-16(15)22(20)30/h1-6,27-28H,7-14,23-24H2. The van der Waals surface area contributed by atoms with E-state index in [1.165, 1.54) is 0 Å². The van der Waals surface area contributed by atoms with Crippen LogP contribution >= 0.6 is 0 Å². The van der Waals surface area contributed by atoms with Gasteiger partial charge in [-0.05, 0) is 12.1 Å². The summed E-state index contributed by atoms with van der Waals surface area (Å²) in [5, 5.41) is 19.0. The highest BCUT2D eigenvalue weighted by molar-refractivity contribution is 6.32. The fourth-order valence-electron chi connectivity index (χ4n) is 3.97. The van der Waals surface area contributed by atoms with Gasteiger partial charge in [0.05, 0.1) is 24.3 Å². The molecule has 0 aliphatic heterocycles. The van der Waals surface area contributed by atoms with Crippen molar-refractivity contribution in [3.05, 3.63) is 58.7 Å². The van der Waals surface area contributed by atoms with Crippen molar-refractivity contribution in [2.75, 3.05) is 62.3 Å². The van der Waals surface area contributed by atoms with Crippen molar-refractivity contribution >= 4 is 22.9 Å². The van der Waals surface area contributed by atoms with Gasteiger partial charge in [-0.2, -0.15) is 0 Å². The molecule has 8 heteroatoms. The predicted molar refractivity (Wildman–Crippen MR) is 116 cm³/mol. The maximum absolute atomic E-state index is 13.5. The molecule has 0 spiro atoms. The van der Waals surface area contributed by atoms with E-state index in [1.54, 1.807) is 36.4 Å². The number of fused-ring (bicyclic) bond motifs is 2. The third kappa shape index (κ3) is 3.95. The highest BCUT2D eigenvalue weighted by Crippen LogP contribution is 2.39. The quantitative estimate of drug-likeness (QED) is 0.365. The molecule has 0 bridgehead atoms. The molecule has 1 aliphatic rings. The Hall–Kier alpha value is -2.78. The van der Waals surface area contributed by atoms with Crippen molar-refractivity contribution < 1.29 is 19.8 Å². The van der Waals surface area contributed by atoms with Crippen molar-refractivity contribution in [1.82, 2.24) is 0 Å². The van der Waals surface area contributed by atoms with Gasteiger partial charge in [-0.15, -0.1) is 0 Å². The molecule has 0 radical (unpaired) electrons. The van der Waals surface area contributed by atoms with Crippen LogP contribution in [0.2, 0.25) is 0 Å². The lowest BCUT2D eigenvalue weighted by Gasteiger charge is -2.33. The highest BCUT2D eigenvalue weighted by Gasteiger charge is 2.35. The number of benzene rings is 2. The number of aliphatic hydroxyl groups is 2. The van der Waals surface area contributed by atoms with Gasteiger partial charge in [-0.3, -0.25) is 9.59 Å². The van der Waals surface area contributed by atoms with Crippen LogP contribution in [0.3, 0.4) is 0 Å². The van der Waals surface area contributed by atoms with Crippen LogP contribution in [-0.4, -0.2) is 74.3 Å². The van der Waals surface area contributed by atoms with Crippen LogP contribution in [0.5, 0.6) is 0 Å². The SMILES string of the molecule is NCCN(CCO)c1ccc(N(CCN)CCO)c2c1C(=O)c1ccccc1C2=O. The Morgan fingerprint density at radius 2 is 1.07 bits per heavy atom. The summed E-state index contributed by atoms with van der Waals surface area (Å²) in [6.07, 6.45) is 0. The monoisotopic (exact) mass is 412 g/mol. The molecule has 1 aliphatic carbocycles. The molecule has 2 aromatic carbocycles. The van der Waals surface area contributed by atoms with Crippen molar-refractivity contribution in [3.8, 4) is 0 Å². The van der Waals surface area contributed by atoms with E-state index in [-0.39, 0.29) is 37.9 Å². The third-order valence-corrected chi connectivity index (χ3v) is 5.25. The van der Waals surface area contributed by atoms with Crippen LogP contribution in [0.25, 0.3) is 0 Å². The number of ketones is 2. The van der Waals surface area contributed by atoms with Crippen LogP contribution in [-0.2, 0) is 0 Å². The van der Waals surface area contributed by atoms with Crippen molar-refractivity contribution in [3.63, 3.8) is 0 Å². The first-order valence-corrected chi connectivity index (χ1v) is 10.1. The summed E-state index contributed by atoms with van der Waals surface area (Å²) >= 11 is 0. The molecule has 0 atom stereocenters. The summed E-state index contributed by atoms with van der Waals surface area (Å²) in [5.41, 5.74) is 13.9. The zero-order chi connectivity index (χ0) is 21.7. The van der Waals surface area contributed by atoms with Gasteiger partial charge in [0.15, 0.2) is 11.6 Å². The van der Waals surface area contributed by atoms with Crippen molar-refractivity contribution in [1.29, 1.82) is 0 Å². The number of hydrogen-bond donors (Lipinski definition) is 4. The summed E-state index contributed by atoms with van der Waals surface area (Å²) in [4.78, 5) is 30.7. The first kappa shape index (κ1) is 21.9. The van der Waals surface area contributed by atoms with Gasteiger partial charge < -0.3 is 31.5 Å². The summed E-state index contributed by atoms with van der Waals surface area (Å²) < 4.78 is 0. The minimum atomic E-state index is -0.242.